The second-order valence-corrected chi connectivity index (χ2v) is 6.22. The van der Waals surface area contributed by atoms with Gasteiger partial charge >= 0.3 is 0 Å². The van der Waals surface area contributed by atoms with Crippen molar-refractivity contribution in [1.29, 1.82) is 0 Å². The lowest BCUT2D eigenvalue weighted by atomic mass is 10.1. The molecule has 19 heavy (non-hydrogen) atoms. The Morgan fingerprint density at radius 1 is 1.32 bits per heavy atom. The molecule has 7 heteroatoms. The SMILES string of the molecule is CC(c1ccc(O)cc1)N(C)S(=O)(=O)c1cn[nH]c1. The summed E-state index contributed by atoms with van der Waals surface area (Å²) in [6.45, 7) is 1.78. The number of aromatic hydroxyl groups is 1. The molecule has 0 fully saturated rings. The molecule has 0 spiro atoms. The van der Waals surface area contributed by atoms with Gasteiger partial charge < -0.3 is 5.11 Å². The highest BCUT2D eigenvalue weighted by Crippen LogP contribution is 2.26. The first-order valence-electron chi connectivity index (χ1n) is 5.68. The number of sulfonamides is 1. The zero-order valence-corrected chi connectivity index (χ0v) is 11.4. The fourth-order valence-electron chi connectivity index (χ4n) is 1.72. The molecule has 1 atom stereocenters. The van der Waals surface area contributed by atoms with Gasteiger partial charge in [-0.3, -0.25) is 5.10 Å². The van der Waals surface area contributed by atoms with Crippen molar-refractivity contribution in [1.82, 2.24) is 14.5 Å². The van der Waals surface area contributed by atoms with E-state index in [-0.39, 0.29) is 16.7 Å². The Labute approximate surface area is 111 Å². The van der Waals surface area contributed by atoms with Crippen LogP contribution in [0.4, 0.5) is 0 Å². The zero-order valence-electron chi connectivity index (χ0n) is 10.6. The van der Waals surface area contributed by atoms with Gasteiger partial charge in [0, 0.05) is 19.3 Å². The van der Waals surface area contributed by atoms with Crippen LogP contribution in [0.5, 0.6) is 5.75 Å². The Hall–Kier alpha value is -1.86. The zero-order chi connectivity index (χ0) is 14.0. The van der Waals surface area contributed by atoms with E-state index in [1.54, 1.807) is 19.1 Å². The topological polar surface area (TPSA) is 86.3 Å². The Morgan fingerprint density at radius 2 is 1.95 bits per heavy atom. The highest BCUT2D eigenvalue weighted by molar-refractivity contribution is 7.89. The molecule has 2 aromatic rings. The van der Waals surface area contributed by atoms with Crippen LogP contribution in [0.1, 0.15) is 18.5 Å². The predicted molar refractivity (Wildman–Crippen MR) is 70.1 cm³/mol. The molecule has 0 amide bonds. The minimum absolute atomic E-state index is 0.126. The molecule has 1 heterocycles. The molecule has 0 aliphatic rings. The second-order valence-electron chi connectivity index (χ2n) is 4.22. The second kappa shape index (κ2) is 5.02. The fourth-order valence-corrected chi connectivity index (χ4v) is 2.98. The summed E-state index contributed by atoms with van der Waals surface area (Å²) >= 11 is 0. The number of rotatable bonds is 4. The summed E-state index contributed by atoms with van der Waals surface area (Å²) in [4.78, 5) is 0.126. The first kappa shape index (κ1) is 13.6. The van der Waals surface area contributed by atoms with Gasteiger partial charge in [0.1, 0.15) is 10.6 Å². The van der Waals surface area contributed by atoms with Gasteiger partial charge in [-0.15, -0.1) is 0 Å². The molecule has 1 unspecified atom stereocenters. The predicted octanol–water partition coefficient (Wildman–Crippen LogP) is 1.50. The van der Waals surface area contributed by atoms with E-state index in [0.29, 0.717) is 0 Å². The first-order chi connectivity index (χ1) is 8.93. The summed E-state index contributed by atoms with van der Waals surface area (Å²) in [5.74, 6) is 0.149. The average Bonchev–Trinajstić information content (AvgIpc) is 2.92. The molecule has 0 bridgehead atoms. The van der Waals surface area contributed by atoms with Crippen LogP contribution in [0.15, 0.2) is 41.6 Å². The van der Waals surface area contributed by atoms with Crippen LogP contribution in [0, 0.1) is 0 Å². The van der Waals surface area contributed by atoms with E-state index >= 15 is 0 Å². The Balaban J connectivity index is 2.29. The van der Waals surface area contributed by atoms with E-state index in [1.165, 1.54) is 35.9 Å². The molecule has 0 radical (unpaired) electrons. The standard InChI is InChI=1S/C12H15N3O3S/c1-9(10-3-5-11(16)6-4-10)15(2)19(17,18)12-7-13-14-8-12/h3-9,16H,1-2H3,(H,13,14). The van der Waals surface area contributed by atoms with Crippen molar-refractivity contribution < 1.29 is 13.5 Å². The van der Waals surface area contributed by atoms with Crippen LogP contribution in [0.25, 0.3) is 0 Å². The lowest BCUT2D eigenvalue weighted by molar-refractivity contribution is 0.398. The Kier molecular flexibility index (Phi) is 3.59. The molecule has 1 aromatic carbocycles. The van der Waals surface area contributed by atoms with E-state index in [4.69, 9.17) is 0 Å². The maximum absolute atomic E-state index is 12.3. The van der Waals surface area contributed by atoms with E-state index in [0.717, 1.165) is 5.56 Å². The van der Waals surface area contributed by atoms with E-state index in [9.17, 15) is 13.5 Å². The van der Waals surface area contributed by atoms with Crippen molar-refractivity contribution in [2.45, 2.75) is 17.9 Å². The number of H-pyrrole nitrogens is 1. The molecule has 2 rings (SSSR count). The first-order valence-corrected chi connectivity index (χ1v) is 7.12. The van der Waals surface area contributed by atoms with Crippen LogP contribution < -0.4 is 0 Å². The Bertz CT molecular complexity index is 635. The van der Waals surface area contributed by atoms with Gasteiger partial charge in [0.15, 0.2) is 0 Å². The molecular formula is C12H15N3O3S. The van der Waals surface area contributed by atoms with Gasteiger partial charge in [-0.25, -0.2) is 8.42 Å². The quantitative estimate of drug-likeness (QED) is 0.889. The van der Waals surface area contributed by atoms with Crippen molar-refractivity contribution >= 4 is 10.0 Å². The summed E-state index contributed by atoms with van der Waals surface area (Å²) in [6.07, 6.45) is 2.62. The van der Waals surface area contributed by atoms with Gasteiger partial charge in [-0.05, 0) is 24.6 Å². The maximum Gasteiger partial charge on any atom is 0.246 e. The van der Waals surface area contributed by atoms with Gasteiger partial charge in [0.2, 0.25) is 10.0 Å². The molecule has 6 nitrogen and oxygen atoms in total. The van der Waals surface area contributed by atoms with Gasteiger partial charge in [-0.2, -0.15) is 9.40 Å². The highest BCUT2D eigenvalue weighted by Gasteiger charge is 2.26. The van der Waals surface area contributed by atoms with Gasteiger partial charge in [0.25, 0.3) is 0 Å². The third-order valence-electron chi connectivity index (χ3n) is 3.07. The summed E-state index contributed by atoms with van der Waals surface area (Å²) in [5.41, 5.74) is 0.798. The number of hydrogen-bond acceptors (Lipinski definition) is 4. The monoisotopic (exact) mass is 281 g/mol. The van der Waals surface area contributed by atoms with E-state index < -0.39 is 10.0 Å². The van der Waals surface area contributed by atoms with Crippen LogP contribution in [0.2, 0.25) is 0 Å². The molecule has 2 N–H and O–H groups in total. The van der Waals surface area contributed by atoms with E-state index in [2.05, 4.69) is 10.2 Å². The molecule has 0 saturated heterocycles. The summed E-state index contributed by atoms with van der Waals surface area (Å²) in [6, 6.07) is 6.11. The van der Waals surface area contributed by atoms with Gasteiger partial charge in [0.05, 0.1) is 6.20 Å². The smallest absolute Gasteiger partial charge is 0.246 e. The minimum Gasteiger partial charge on any atom is -0.508 e. The Morgan fingerprint density at radius 3 is 2.47 bits per heavy atom. The van der Waals surface area contributed by atoms with Crippen molar-refractivity contribution in [2.24, 2.45) is 0 Å². The third-order valence-corrected chi connectivity index (χ3v) is 4.96. The number of phenolic OH excluding ortho intramolecular Hbond substituents is 1. The molecule has 0 aliphatic heterocycles. The lowest BCUT2D eigenvalue weighted by Crippen LogP contribution is -2.29. The average molecular weight is 281 g/mol. The maximum atomic E-state index is 12.3. The number of hydrogen-bond donors (Lipinski definition) is 2. The van der Waals surface area contributed by atoms with Crippen LogP contribution in [0.3, 0.4) is 0 Å². The number of nitrogens with one attached hydrogen (secondary N) is 1. The van der Waals surface area contributed by atoms with Crippen LogP contribution >= 0.6 is 0 Å². The molecule has 1 aromatic heterocycles. The van der Waals surface area contributed by atoms with Crippen molar-refractivity contribution in [3.63, 3.8) is 0 Å². The van der Waals surface area contributed by atoms with E-state index in [1.807, 2.05) is 0 Å². The number of phenols is 1. The minimum atomic E-state index is -3.58. The normalized spacial score (nSPS) is 13.6. The number of aromatic amines is 1. The van der Waals surface area contributed by atoms with Crippen molar-refractivity contribution in [3.8, 4) is 5.75 Å². The molecular weight excluding hydrogens is 266 g/mol. The summed E-state index contributed by atoms with van der Waals surface area (Å²) in [5, 5.41) is 15.4. The number of benzene rings is 1. The van der Waals surface area contributed by atoms with Crippen LogP contribution in [-0.4, -0.2) is 35.1 Å². The summed E-state index contributed by atoms with van der Waals surface area (Å²) < 4.78 is 25.9. The fraction of sp³-hybridized carbons (Fsp3) is 0.250. The molecule has 0 aliphatic carbocycles. The van der Waals surface area contributed by atoms with Crippen molar-refractivity contribution in [3.05, 3.63) is 42.2 Å². The molecule has 102 valence electrons. The lowest BCUT2D eigenvalue weighted by Gasteiger charge is -2.24. The summed E-state index contributed by atoms with van der Waals surface area (Å²) in [7, 11) is -2.06. The van der Waals surface area contributed by atoms with Crippen LogP contribution in [-0.2, 0) is 10.0 Å². The largest absolute Gasteiger partial charge is 0.508 e. The van der Waals surface area contributed by atoms with Crippen molar-refractivity contribution in [2.75, 3.05) is 7.05 Å². The third kappa shape index (κ3) is 2.61. The van der Waals surface area contributed by atoms with Gasteiger partial charge in [-0.1, -0.05) is 12.1 Å². The number of nitrogens with zero attached hydrogens (tertiary/aromatic N) is 2. The molecule has 0 saturated carbocycles. The highest BCUT2D eigenvalue weighted by atomic mass is 32.2. The number of aromatic nitrogens is 2.